The third-order valence-electron chi connectivity index (χ3n) is 7.58. The molecular weight excluding hydrogens is 450 g/mol. The molecule has 0 N–H and O–H groups in total. The molecule has 0 radical (unpaired) electrons. The maximum absolute atomic E-state index is 6.64. The van der Waals surface area contributed by atoms with Gasteiger partial charge in [-0.05, 0) is 81.1 Å². The SMILES string of the molecule is Cc1cnc(-c2cccc3c2oc2ccc4c5ccccc5c5ccccc5c4c23)cc1CC(C)(C)C. The molecule has 0 spiro atoms. The molecule has 0 aliphatic heterocycles. The van der Waals surface area contributed by atoms with Crippen LogP contribution in [-0.2, 0) is 6.42 Å². The van der Waals surface area contributed by atoms with Gasteiger partial charge in [0.25, 0.3) is 0 Å². The molecule has 2 nitrogen and oxygen atoms in total. The number of aromatic nitrogens is 1. The Morgan fingerprint density at radius 2 is 1.30 bits per heavy atom. The first-order valence-electron chi connectivity index (χ1n) is 13.0. The van der Waals surface area contributed by atoms with Crippen LogP contribution in [0.2, 0.25) is 0 Å². The molecular formula is C35H29NO. The zero-order chi connectivity index (χ0) is 25.3. The fourth-order valence-electron chi connectivity index (χ4n) is 5.96. The fraction of sp³-hybridized carbons (Fsp3) is 0.171. The Morgan fingerprint density at radius 1 is 0.676 bits per heavy atom. The first-order valence-corrected chi connectivity index (χ1v) is 13.0. The van der Waals surface area contributed by atoms with Gasteiger partial charge in [-0.15, -0.1) is 0 Å². The second-order valence-electron chi connectivity index (χ2n) is 11.5. The van der Waals surface area contributed by atoms with Gasteiger partial charge in [0.1, 0.15) is 11.2 Å². The summed E-state index contributed by atoms with van der Waals surface area (Å²) in [6.07, 6.45) is 3.01. The number of nitrogens with zero attached hydrogens (tertiary/aromatic N) is 1. The second kappa shape index (κ2) is 7.91. The Balaban J connectivity index is 1.58. The van der Waals surface area contributed by atoms with Crippen molar-refractivity contribution in [2.24, 2.45) is 5.41 Å². The lowest BCUT2D eigenvalue weighted by molar-refractivity contribution is 0.410. The molecule has 5 aromatic carbocycles. The van der Waals surface area contributed by atoms with E-state index < -0.39 is 0 Å². The van der Waals surface area contributed by atoms with E-state index in [1.54, 1.807) is 0 Å². The quantitative estimate of drug-likeness (QED) is 0.231. The van der Waals surface area contributed by atoms with Crippen LogP contribution < -0.4 is 0 Å². The minimum absolute atomic E-state index is 0.206. The molecule has 0 unspecified atom stereocenters. The van der Waals surface area contributed by atoms with E-state index in [2.05, 4.69) is 113 Å². The van der Waals surface area contributed by atoms with Gasteiger partial charge in [0.2, 0.25) is 0 Å². The molecule has 180 valence electrons. The lowest BCUT2D eigenvalue weighted by Crippen LogP contribution is -2.10. The normalized spacial score (nSPS) is 12.4. The number of aryl methyl sites for hydroxylation is 1. The molecule has 7 rings (SSSR count). The van der Waals surface area contributed by atoms with Crippen molar-refractivity contribution in [1.29, 1.82) is 0 Å². The van der Waals surface area contributed by atoms with E-state index in [9.17, 15) is 0 Å². The summed E-state index contributed by atoms with van der Waals surface area (Å²) in [5, 5.41) is 9.93. The highest BCUT2D eigenvalue weighted by molar-refractivity contribution is 6.34. The van der Waals surface area contributed by atoms with Crippen molar-refractivity contribution in [3.8, 4) is 11.3 Å². The number of para-hydroxylation sites is 1. The number of pyridine rings is 1. The van der Waals surface area contributed by atoms with Crippen LogP contribution in [0.1, 0.15) is 31.9 Å². The van der Waals surface area contributed by atoms with E-state index in [0.29, 0.717) is 0 Å². The molecule has 2 heterocycles. The molecule has 0 bridgehead atoms. The number of hydrogen-bond donors (Lipinski definition) is 0. The highest BCUT2D eigenvalue weighted by atomic mass is 16.3. The summed E-state index contributed by atoms with van der Waals surface area (Å²) in [7, 11) is 0. The van der Waals surface area contributed by atoms with Gasteiger partial charge in [-0.2, -0.15) is 0 Å². The van der Waals surface area contributed by atoms with Crippen LogP contribution in [0.15, 0.2) is 95.5 Å². The van der Waals surface area contributed by atoms with E-state index in [0.717, 1.165) is 34.2 Å². The Hall–Kier alpha value is -4.17. The highest BCUT2D eigenvalue weighted by Crippen LogP contribution is 2.44. The van der Waals surface area contributed by atoms with E-state index in [1.165, 1.54) is 48.8 Å². The number of hydrogen-bond acceptors (Lipinski definition) is 2. The van der Waals surface area contributed by atoms with Crippen LogP contribution in [0.25, 0.3) is 65.5 Å². The van der Waals surface area contributed by atoms with Gasteiger partial charge in [0.05, 0.1) is 5.69 Å². The molecule has 2 heteroatoms. The first kappa shape index (κ1) is 22.1. The zero-order valence-corrected chi connectivity index (χ0v) is 21.7. The highest BCUT2D eigenvalue weighted by Gasteiger charge is 2.19. The van der Waals surface area contributed by atoms with E-state index >= 15 is 0 Å². The zero-order valence-electron chi connectivity index (χ0n) is 21.7. The Morgan fingerprint density at radius 3 is 2.00 bits per heavy atom. The van der Waals surface area contributed by atoms with Gasteiger partial charge in [0.15, 0.2) is 0 Å². The van der Waals surface area contributed by atoms with Crippen LogP contribution in [0.3, 0.4) is 0 Å². The summed E-state index contributed by atoms with van der Waals surface area (Å²) >= 11 is 0. The molecule has 37 heavy (non-hydrogen) atoms. The predicted molar refractivity (Wildman–Crippen MR) is 157 cm³/mol. The first-order chi connectivity index (χ1) is 17.9. The number of benzene rings is 5. The van der Waals surface area contributed by atoms with Crippen molar-refractivity contribution in [3.63, 3.8) is 0 Å². The maximum Gasteiger partial charge on any atom is 0.144 e. The topological polar surface area (TPSA) is 26.0 Å². The number of furan rings is 1. The molecule has 0 aliphatic carbocycles. The molecule has 0 fully saturated rings. The van der Waals surface area contributed by atoms with Crippen molar-refractivity contribution in [1.82, 2.24) is 4.98 Å². The number of rotatable bonds is 2. The van der Waals surface area contributed by atoms with E-state index in [4.69, 9.17) is 9.40 Å². The van der Waals surface area contributed by atoms with Crippen molar-refractivity contribution < 1.29 is 4.42 Å². The van der Waals surface area contributed by atoms with Gasteiger partial charge in [-0.3, -0.25) is 4.98 Å². The second-order valence-corrected chi connectivity index (χ2v) is 11.5. The lowest BCUT2D eigenvalue weighted by Gasteiger charge is -2.20. The molecule has 0 saturated heterocycles. The minimum atomic E-state index is 0.206. The van der Waals surface area contributed by atoms with Gasteiger partial charge in [-0.1, -0.05) is 81.4 Å². The largest absolute Gasteiger partial charge is 0.455 e. The average Bonchev–Trinajstić information content (AvgIpc) is 3.28. The molecule has 2 aromatic heterocycles. The van der Waals surface area contributed by atoms with Crippen LogP contribution in [0, 0.1) is 12.3 Å². The van der Waals surface area contributed by atoms with Crippen molar-refractivity contribution in [3.05, 3.63) is 102 Å². The van der Waals surface area contributed by atoms with Crippen molar-refractivity contribution in [2.45, 2.75) is 34.1 Å². The molecule has 0 aliphatic rings. The monoisotopic (exact) mass is 479 g/mol. The van der Waals surface area contributed by atoms with Gasteiger partial charge in [-0.25, -0.2) is 0 Å². The van der Waals surface area contributed by atoms with Crippen LogP contribution in [0.5, 0.6) is 0 Å². The average molecular weight is 480 g/mol. The Kier molecular flexibility index (Phi) is 4.72. The lowest BCUT2D eigenvalue weighted by atomic mass is 9.86. The van der Waals surface area contributed by atoms with E-state index in [-0.39, 0.29) is 5.41 Å². The maximum atomic E-state index is 6.64. The standard InChI is InChI=1S/C35H29NO/c1-21-20-36-30(18-22(21)19-35(2,3)4)28-14-9-15-29-33-31(37-34(28)29)17-16-27-25-12-6-5-10-23(25)24-11-7-8-13-26(24)32(27)33/h5-18,20H,19H2,1-4H3. The van der Waals surface area contributed by atoms with Crippen molar-refractivity contribution >= 4 is 54.3 Å². The summed E-state index contributed by atoms with van der Waals surface area (Å²) < 4.78 is 6.64. The van der Waals surface area contributed by atoms with Crippen molar-refractivity contribution in [2.75, 3.05) is 0 Å². The summed E-state index contributed by atoms with van der Waals surface area (Å²) in [6, 6.07) is 30.5. The fourth-order valence-corrected chi connectivity index (χ4v) is 5.96. The molecule has 0 atom stereocenters. The van der Waals surface area contributed by atoms with Gasteiger partial charge >= 0.3 is 0 Å². The minimum Gasteiger partial charge on any atom is -0.455 e. The third kappa shape index (κ3) is 3.43. The van der Waals surface area contributed by atoms with Gasteiger partial charge in [0, 0.05) is 27.9 Å². The summed E-state index contributed by atoms with van der Waals surface area (Å²) in [5.41, 5.74) is 6.61. The summed E-state index contributed by atoms with van der Waals surface area (Å²) in [4.78, 5) is 4.85. The van der Waals surface area contributed by atoms with Crippen LogP contribution >= 0.6 is 0 Å². The smallest absolute Gasteiger partial charge is 0.144 e. The van der Waals surface area contributed by atoms with Crippen LogP contribution in [-0.4, -0.2) is 4.98 Å². The summed E-state index contributed by atoms with van der Waals surface area (Å²) in [6.45, 7) is 9.00. The Bertz CT molecular complexity index is 1970. The Labute approximate surface area is 216 Å². The van der Waals surface area contributed by atoms with E-state index in [1.807, 2.05) is 6.20 Å². The third-order valence-corrected chi connectivity index (χ3v) is 7.58. The molecule has 0 amide bonds. The van der Waals surface area contributed by atoms with Gasteiger partial charge < -0.3 is 4.42 Å². The predicted octanol–water partition coefficient (Wildman–Crippen LogP) is 10.0. The number of fused-ring (bicyclic) bond motifs is 10. The molecule has 0 saturated carbocycles. The summed E-state index contributed by atoms with van der Waals surface area (Å²) in [5.74, 6) is 0. The molecule has 7 aromatic rings. The van der Waals surface area contributed by atoms with Crippen LogP contribution in [0.4, 0.5) is 0 Å².